The molecule has 4 heteroatoms. The molecule has 1 amide bonds. The molecule has 1 fully saturated rings. The molecule has 0 spiro atoms. The maximum atomic E-state index is 11.5. The van der Waals surface area contributed by atoms with E-state index in [9.17, 15) is 9.90 Å². The number of hydrogen-bond donors (Lipinski definition) is 2. The van der Waals surface area contributed by atoms with Crippen molar-refractivity contribution in [3.05, 3.63) is 0 Å². The predicted octanol–water partition coefficient (Wildman–Crippen LogP) is 1.22. The minimum absolute atomic E-state index is 0.0120. The van der Waals surface area contributed by atoms with Gasteiger partial charge in [-0.1, -0.05) is 19.8 Å². The smallest absolute Gasteiger partial charge is 0.222 e. The third-order valence-electron chi connectivity index (χ3n) is 2.90. The van der Waals surface area contributed by atoms with Crippen LogP contribution in [-0.4, -0.2) is 36.4 Å². The molecule has 4 nitrogen and oxygen atoms in total. The van der Waals surface area contributed by atoms with Crippen molar-refractivity contribution in [1.29, 1.82) is 0 Å². The molecule has 1 aliphatic rings. The van der Waals surface area contributed by atoms with Gasteiger partial charge in [-0.3, -0.25) is 4.79 Å². The summed E-state index contributed by atoms with van der Waals surface area (Å²) < 4.78 is 5.25. The summed E-state index contributed by atoms with van der Waals surface area (Å²) >= 11 is 0. The van der Waals surface area contributed by atoms with Crippen LogP contribution in [0.1, 0.15) is 45.4 Å². The average Bonchev–Trinajstić information content (AvgIpc) is 2.28. The van der Waals surface area contributed by atoms with Gasteiger partial charge < -0.3 is 15.2 Å². The predicted molar refractivity (Wildman–Crippen MR) is 62.1 cm³/mol. The summed E-state index contributed by atoms with van der Waals surface area (Å²) in [5.41, 5.74) is 0. The normalized spacial score (nSPS) is 25.4. The first kappa shape index (κ1) is 13.5. The molecule has 0 heterocycles. The Morgan fingerprint density at radius 3 is 2.81 bits per heavy atom. The fraction of sp³-hybridized carbons (Fsp3) is 0.917. The summed E-state index contributed by atoms with van der Waals surface area (Å²) in [6, 6.07) is -0.0487. The third kappa shape index (κ3) is 4.94. The van der Waals surface area contributed by atoms with Gasteiger partial charge in [0.05, 0.1) is 18.8 Å². The van der Waals surface area contributed by atoms with Gasteiger partial charge in [-0.05, 0) is 19.3 Å². The number of ether oxygens (including phenoxy) is 1. The van der Waals surface area contributed by atoms with Gasteiger partial charge in [-0.25, -0.2) is 0 Å². The highest BCUT2D eigenvalue weighted by atomic mass is 16.5. The molecule has 0 unspecified atom stereocenters. The lowest BCUT2D eigenvalue weighted by molar-refractivity contribution is -0.124. The lowest BCUT2D eigenvalue weighted by Gasteiger charge is -2.28. The summed E-state index contributed by atoms with van der Waals surface area (Å²) in [5, 5.41) is 12.6. The summed E-state index contributed by atoms with van der Waals surface area (Å²) in [6.45, 7) is 3.22. The second-order valence-electron chi connectivity index (χ2n) is 4.39. The van der Waals surface area contributed by atoms with Crippen molar-refractivity contribution in [2.45, 2.75) is 57.6 Å². The highest BCUT2D eigenvalue weighted by Crippen LogP contribution is 2.18. The molecule has 16 heavy (non-hydrogen) atoms. The number of hydrogen-bond acceptors (Lipinski definition) is 3. The molecule has 2 N–H and O–H groups in total. The average molecular weight is 229 g/mol. The largest absolute Gasteiger partial charge is 0.391 e. The molecule has 0 aromatic heterocycles. The first-order valence-electron chi connectivity index (χ1n) is 6.29. The van der Waals surface area contributed by atoms with E-state index in [4.69, 9.17) is 4.74 Å². The van der Waals surface area contributed by atoms with Crippen molar-refractivity contribution in [2.24, 2.45) is 0 Å². The van der Waals surface area contributed by atoms with E-state index in [0.717, 1.165) is 32.1 Å². The zero-order valence-corrected chi connectivity index (χ0v) is 10.1. The molecule has 1 saturated carbocycles. The van der Waals surface area contributed by atoms with E-state index >= 15 is 0 Å². The Balaban J connectivity index is 2.12. The molecule has 0 radical (unpaired) electrons. The van der Waals surface area contributed by atoms with Crippen LogP contribution in [-0.2, 0) is 9.53 Å². The standard InChI is InChI=1S/C12H23NO3/c1-2-8-16-9-7-12(15)13-10-5-3-4-6-11(10)14/h10-11,14H,2-9H2,1H3,(H,13,15)/t10-,11-/m1/s1. The molecular formula is C12H23NO3. The second kappa shape index (κ2) is 7.63. The Bertz CT molecular complexity index is 208. The summed E-state index contributed by atoms with van der Waals surface area (Å²) in [6.07, 6.45) is 4.85. The quantitative estimate of drug-likeness (QED) is 0.673. The van der Waals surface area contributed by atoms with E-state index < -0.39 is 0 Å². The van der Waals surface area contributed by atoms with E-state index in [2.05, 4.69) is 5.32 Å². The highest BCUT2D eigenvalue weighted by Gasteiger charge is 2.23. The molecule has 0 saturated heterocycles. The Kier molecular flexibility index (Phi) is 6.42. The van der Waals surface area contributed by atoms with Crippen LogP contribution in [0, 0.1) is 0 Å². The number of rotatable bonds is 6. The van der Waals surface area contributed by atoms with Gasteiger partial charge in [0.2, 0.25) is 5.91 Å². The van der Waals surface area contributed by atoms with Crippen molar-refractivity contribution in [3.8, 4) is 0 Å². The van der Waals surface area contributed by atoms with Crippen LogP contribution in [0.2, 0.25) is 0 Å². The Hall–Kier alpha value is -0.610. The fourth-order valence-electron chi connectivity index (χ4n) is 1.97. The van der Waals surface area contributed by atoms with Crippen LogP contribution in [0.4, 0.5) is 0 Å². The monoisotopic (exact) mass is 229 g/mol. The molecule has 94 valence electrons. The minimum Gasteiger partial charge on any atom is -0.391 e. The molecule has 0 aromatic rings. The molecule has 0 aliphatic heterocycles. The van der Waals surface area contributed by atoms with Gasteiger partial charge in [0.1, 0.15) is 0 Å². The summed E-state index contributed by atoms with van der Waals surface area (Å²) in [5.74, 6) is -0.0120. The number of amides is 1. The minimum atomic E-state index is -0.366. The molecule has 1 aliphatic carbocycles. The van der Waals surface area contributed by atoms with Crippen LogP contribution in [0.5, 0.6) is 0 Å². The molecule has 1 rings (SSSR count). The zero-order chi connectivity index (χ0) is 11.8. The first-order valence-corrected chi connectivity index (χ1v) is 6.29. The lowest BCUT2D eigenvalue weighted by Crippen LogP contribution is -2.45. The summed E-state index contributed by atoms with van der Waals surface area (Å²) in [4.78, 5) is 11.5. The van der Waals surface area contributed by atoms with Gasteiger partial charge >= 0.3 is 0 Å². The van der Waals surface area contributed by atoms with E-state index in [1.807, 2.05) is 6.92 Å². The Morgan fingerprint density at radius 2 is 2.12 bits per heavy atom. The highest BCUT2D eigenvalue weighted by molar-refractivity contribution is 5.76. The van der Waals surface area contributed by atoms with Crippen molar-refractivity contribution >= 4 is 5.91 Å². The van der Waals surface area contributed by atoms with Crippen LogP contribution in [0.25, 0.3) is 0 Å². The van der Waals surface area contributed by atoms with Gasteiger partial charge in [-0.15, -0.1) is 0 Å². The maximum Gasteiger partial charge on any atom is 0.222 e. The van der Waals surface area contributed by atoms with E-state index in [0.29, 0.717) is 19.6 Å². The Labute approximate surface area is 97.4 Å². The van der Waals surface area contributed by atoms with Gasteiger partial charge in [0, 0.05) is 13.0 Å². The SMILES string of the molecule is CCCOCCC(=O)N[C@@H]1CCCC[C@H]1O. The van der Waals surface area contributed by atoms with Crippen molar-refractivity contribution in [2.75, 3.05) is 13.2 Å². The molecule has 2 atom stereocenters. The fourth-order valence-corrected chi connectivity index (χ4v) is 1.97. The zero-order valence-electron chi connectivity index (χ0n) is 10.1. The first-order chi connectivity index (χ1) is 7.74. The number of aliphatic hydroxyl groups excluding tert-OH is 1. The topological polar surface area (TPSA) is 58.6 Å². The van der Waals surface area contributed by atoms with Crippen molar-refractivity contribution < 1.29 is 14.6 Å². The van der Waals surface area contributed by atoms with Crippen molar-refractivity contribution in [1.82, 2.24) is 5.32 Å². The van der Waals surface area contributed by atoms with Gasteiger partial charge in [-0.2, -0.15) is 0 Å². The Morgan fingerprint density at radius 1 is 1.38 bits per heavy atom. The van der Waals surface area contributed by atoms with Crippen LogP contribution < -0.4 is 5.32 Å². The van der Waals surface area contributed by atoms with Crippen LogP contribution >= 0.6 is 0 Å². The number of nitrogens with one attached hydrogen (secondary N) is 1. The van der Waals surface area contributed by atoms with Gasteiger partial charge in [0.25, 0.3) is 0 Å². The van der Waals surface area contributed by atoms with Gasteiger partial charge in [0.15, 0.2) is 0 Å². The molecular weight excluding hydrogens is 206 g/mol. The number of aliphatic hydroxyl groups is 1. The second-order valence-corrected chi connectivity index (χ2v) is 4.39. The third-order valence-corrected chi connectivity index (χ3v) is 2.90. The van der Waals surface area contributed by atoms with E-state index in [-0.39, 0.29) is 18.1 Å². The molecule has 0 bridgehead atoms. The lowest BCUT2D eigenvalue weighted by atomic mass is 9.92. The van der Waals surface area contributed by atoms with Crippen molar-refractivity contribution in [3.63, 3.8) is 0 Å². The van der Waals surface area contributed by atoms with Crippen LogP contribution in [0.15, 0.2) is 0 Å². The number of carbonyl (C=O) groups is 1. The molecule has 0 aromatic carbocycles. The number of carbonyl (C=O) groups excluding carboxylic acids is 1. The van der Waals surface area contributed by atoms with Crippen LogP contribution in [0.3, 0.4) is 0 Å². The maximum absolute atomic E-state index is 11.5. The van der Waals surface area contributed by atoms with E-state index in [1.165, 1.54) is 0 Å². The van der Waals surface area contributed by atoms with E-state index in [1.54, 1.807) is 0 Å². The summed E-state index contributed by atoms with van der Waals surface area (Å²) in [7, 11) is 0.